The fourth-order valence-electron chi connectivity index (χ4n) is 2.71. The second-order valence-electron chi connectivity index (χ2n) is 5.17. The van der Waals surface area contributed by atoms with E-state index in [9.17, 15) is 4.79 Å². The molecule has 0 N–H and O–H groups in total. The first kappa shape index (κ1) is 14.0. The van der Waals surface area contributed by atoms with Gasteiger partial charge in [-0.15, -0.1) is 0 Å². The molecule has 0 aliphatic carbocycles. The third-order valence-corrected chi connectivity index (χ3v) is 4.29. The van der Waals surface area contributed by atoms with E-state index in [1.54, 1.807) is 25.3 Å². The van der Waals surface area contributed by atoms with Crippen LogP contribution in [0, 0.1) is 0 Å². The summed E-state index contributed by atoms with van der Waals surface area (Å²) >= 11 is 6.47. The molecule has 1 unspecified atom stereocenters. The Hall–Kier alpha value is -2.66. The van der Waals surface area contributed by atoms with Crippen molar-refractivity contribution >= 4 is 34.4 Å². The maximum atomic E-state index is 12.6. The zero-order chi connectivity index (χ0) is 16.0. The molecule has 6 heteroatoms. The van der Waals surface area contributed by atoms with Gasteiger partial charge in [0, 0.05) is 22.6 Å². The molecule has 1 atom stereocenters. The Balaban J connectivity index is 1.82. The molecule has 0 spiro atoms. The van der Waals surface area contributed by atoms with Crippen LogP contribution in [0.5, 0.6) is 5.88 Å². The highest BCUT2D eigenvalue weighted by Gasteiger charge is 2.37. The summed E-state index contributed by atoms with van der Waals surface area (Å²) in [5, 5.41) is 0.866. The van der Waals surface area contributed by atoms with Crippen LogP contribution in [0.4, 0.5) is 5.82 Å². The van der Waals surface area contributed by atoms with Gasteiger partial charge in [-0.1, -0.05) is 29.8 Å². The first-order chi connectivity index (χ1) is 11.2. The summed E-state index contributed by atoms with van der Waals surface area (Å²) in [5.41, 5.74) is 1.33. The van der Waals surface area contributed by atoms with Gasteiger partial charge in [-0.3, -0.25) is 9.69 Å². The van der Waals surface area contributed by atoms with Crippen LogP contribution in [0.3, 0.4) is 0 Å². The molecule has 1 aliphatic rings. The van der Waals surface area contributed by atoms with Gasteiger partial charge in [0.1, 0.15) is 11.3 Å². The second kappa shape index (κ2) is 5.21. The van der Waals surface area contributed by atoms with Crippen molar-refractivity contribution in [3.63, 3.8) is 0 Å². The van der Waals surface area contributed by atoms with Crippen molar-refractivity contribution in [3.8, 4) is 5.88 Å². The number of methoxy groups -OCH3 is 1. The summed E-state index contributed by atoms with van der Waals surface area (Å²) in [6.07, 6.45) is 0. The number of benzene rings is 1. The highest BCUT2D eigenvalue weighted by atomic mass is 35.5. The van der Waals surface area contributed by atoms with E-state index >= 15 is 0 Å². The van der Waals surface area contributed by atoms with Crippen LogP contribution in [-0.4, -0.2) is 23.0 Å². The van der Waals surface area contributed by atoms with Gasteiger partial charge in [0.2, 0.25) is 5.88 Å². The van der Waals surface area contributed by atoms with Crippen LogP contribution < -0.4 is 9.64 Å². The van der Waals surface area contributed by atoms with Crippen molar-refractivity contribution < 1.29 is 9.53 Å². The number of aromatic nitrogens is 2. The lowest BCUT2D eigenvalue weighted by atomic mass is 10.1. The molecule has 23 heavy (non-hydrogen) atoms. The molecule has 1 aliphatic heterocycles. The minimum Gasteiger partial charge on any atom is -0.481 e. The largest absolute Gasteiger partial charge is 0.481 e. The van der Waals surface area contributed by atoms with Crippen LogP contribution >= 0.6 is 11.6 Å². The van der Waals surface area contributed by atoms with E-state index in [1.165, 1.54) is 4.90 Å². The van der Waals surface area contributed by atoms with Crippen LogP contribution in [0.25, 0.3) is 11.0 Å². The fourth-order valence-corrected chi connectivity index (χ4v) is 3.09. The molecule has 1 amide bonds. The number of anilines is 1. The molecule has 0 fully saturated rings. The van der Waals surface area contributed by atoms with Crippen LogP contribution in [-0.2, 0) is 0 Å². The summed E-state index contributed by atoms with van der Waals surface area (Å²) < 4.78 is 5.12. The van der Waals surface area contributed by atoms with Crippen molar-refractivity contribution in [3.05, 3.63) is 59.7 Å². The Morgan fingerprint density at radius 3 is 2.65 bits per heavy atom. The SMILES string of the molecule is COc1ccc2ccc(N3C(=O)c4ccccc4C3Cl)nc2n1. The number of carbonyl (C=O) groups is 1. The summed E-state index contributed by atoms with van der Waals surface area (Å²) in [6, 6.07) is 14.6. The van der Waals surface area contributed by atoms with Gasteiger partial charge >= 0.3 is 0 Å². The van der Waals surface area contributed by atoms with Gasteiger partial charge < -0.3 is 4.74 Å². The molecule has 3 heterocycles. The number of amides is 1. The van der Waals surface area contributed by atoms with Gasteiger partial charge in [-0.05, 0) is 24.3 Å². The van der Waals surface area contributed by atoms with E-state index in [4.69, 9.17) is 16.3 Å². The number of fused-ring (bicyclic) bond motifs is 2. The zero-order valence-corrected chi connectivity index (χ0v) is 13.0. The number of carbonyl (C=O) groups excluding carboxylic acids is 1. The molecule has 0 bridgehead atoms. The third-order valence-electron chi connectivity index (χ3n) is 3.86. The van der Waals surface area contributed by atoms with Gasteiger partial charge in [-0.25, -0.2) is 4.98 Å². The quantitative estimate of drug-likeness (QED) is 0.534. The lowest BCUT2D eigenvalue weighted by Crippen LogP contribution is -2.26. The Morgan fingerprint density at radius 2 is 1.87 bits per heavy atom. The predicted molar refractivity (Wildman–Crippen MR) is 87.9 cm³/mol. The van der Waals surface area contributed by atoms with Gasteiger partial charge in [0.05, 0.1) is 7.11 Å². The van der Waals surface area contributed by atoms with Crippen LogP contribution in [0.2, 0.25) is 0 Å². The smallest absolute Gasteiger partial charge is 0.261 e. The fraction of sp³-hybridized carbons (Fsp3) is 0.118. The number of alkyl halides is 1. The molecular formula is C17H12ClN3O2. The lowest BCUT2D eigenvalue weighted by molar-refractivity contribution is 0.0995. The maximum absolute atomic E-state index is 12.6. The summed E-state index contributed by atoms with van der Waals surface area (Å²) in [5.74, 6) is 0.787. The highest BCUT2D eigenvalue weighted by molar-refractivity contribution is 6.29. The van der Waals surface area contributed by atoms with Gasteiger partial charge in [-0.2, -0.15) is 4.98 Å². The van der Waals surface area contributed by atoms with Crippen molar-refractivity contribution in [2.75, 3.05) is 12.0 Å². The van der Waals surface area contributed by atoms with Gasteiger partial charge in [0.15, 0.2) is 5.65 Å². The van der Waals surface area contributed by atoms with E-state index in [1.807, 2.05) is 30.3 Å². The van der Waals surface area contributed by atoms with Crippen LogP contribution in [0.15, 0.2) is 48.5 Å². The zero-order valence-electron chi connectivity index (χ0n) is 12.2. The Kier molecular flexibility index (Phi) is 3.16. The van der Waals surface area contributed by atoms with Crippen molar-refractivity contribution in [2.45, 2.75) is 5.50 Å². The van der Waals surface area contributed by atoms with E-state index in [0.717, 1.165) is 10.9 Å². The average Bonchev–Trinajstić information content (AvgIpc) is 2.85. The molecule has 114 valence electrons. The minimum absolute atomic E-state index is 0.157. The normalized spacial score (nSPS) is 16.7. The highest BCUT2D eigenvalue weighted by Crippen LogP contribution is 2.39. The molecule has 0 saturated carbocycles. The summed E-state index contributed by atoms with van der Waals surface area (Å²) in [7, 11) is 1.55. The van der Waals surface area contributed by atoms with Gasteiger partial charge in [0.25, 0.3) is 5.91 Å². The molecular weight excluding hydrogens is 314 g/mol. The molecule has 3 aromatic rings. The molecule has 1 aromatic carbocycles. The average molecular weight is 326 g/mol. The molecule has 0 saturated heterocycles. The van der Waals surface area contributed by atoms with Crippen LogP contribution in [0.1, 0.15) is 21.4 Å². The van der Waals surface area contributed by atoms with Crippen molar-refractivity contribution in [2.24, 2.45) is 0 Å². The number of ether oxygens (including phenoxy) is 1. The molecule has 0 radical (unpaired) electrons. The third kappa shape index (κ3) is 2.12. The maximum Gasteiger partial charge on any atom is 0.261 e. The van der Waals surface area contributed by atoms with E-state index in [-0.39, 0.29) is 5.91 Å². The monoisotopic (exact) mass is 325 g/mol. The summed E-state index contributed by atoms with van der Waals surface area (Å²) in [6.45, 7) is 0. The van der Waals surface area contributed by atoms with E-state index in [0.29, 0.717) is 22.9 Å². The summed E-state index contributed by atoms with van der Waals surface area (Å²) in [4.78, 5) is 22.9. The Labute approximate surface area is 137 Å². The molecule has 5 nitrogen and oxygen atoms in total. The van der Waals surface area contributed by atoms with E-state index < -0.39 is 5.50 Å². The Morgan fingerprint density at radius 1 is 1.09 bits per heavy atom. The first-order valence-electron chi connectivity index (χ1n) is 7.07. The molecule has 4 rings (SSSR count). The Bertz CT molecular complexity index is 929. The van der Waals surface area contributed by atoms with E-state index in [2.05, 4.69) is 9.97 Å². The number of hydrogen-bond acceptors (Lipinski definition) is 4. The number of rotatable bonds is 2. The standard InChI is InChI=1S/C17H12ClN3O2/c1-23-14-9-7-10-6-8-13(19-16(10)20-14)21-15(18)11-4-2-3-5-12(11)17(21)22/h2-9,15H,1H3. The number of hydrogen-bond donors (Lipinski definition) is 0. The minimum atomic E-state index is -0.575. The number of pyridine rings is 2. The second-order valence-corrected chi connectivity index (χ2v) is 5.58. The van der Waals surface area contributed by atoms with Crippen molar-refractivity contribution in [1.82, 2.24) is 9.97 Å². The predicted octanol–water partition coefficient (Wildman–Crippen LogP) is 3.54. The van der Waals surface area contributed by atoms with Crippen molar-refractivity contribution in [1.29, 1.82) is 0 Å². The first-order valence-corrected chi connectivity index (χ1v) is 7.51. The number of halogens is 1. The molecule has 2 aromatic heterocycles. The lowest BCUT2D eigenvalue weighted by Gasteiger charge is -2.19. The topological polar surface area (TPSA) is 55.3 Å². The number of nitrogens with zero attached hydrogens (tertiary/aromatic N) is 3.